The average Bonchev–Trinajstić information content (AvgIpc) is 2.88. The summed E-state index contributed by atoms with van der Waals surface area (Å²) in [7, 11) is 3.35. The van der Waals surface area contributed by atoms with Crippen molar-refractivity contribution in [2.75, 3.05) is 14.2 Å². The van der Waals surface area contributed by atoms with Gasteiger partial charge in [-0.25, -0.2) is 0 Å². The maximum absolute atomic E-state index is 10.00. The molecule has 0 aromatic carbocycles. The quantitative estimate of drug-likeness (QED) is 0.693. The molecule has 3 nitrogen and oxygen atoms in total. The van der Waals surface area contributed by atoms with Gasteiger partial charge in [-0.05, 0) is 24.7 Å². The van der Waals surface area contributed by atoms with Crippen LogP contribution in [0.4, 0.5) is 0 Å². The monoisotopic (exact) mass is 186 g/mol. The number of fused-ring (bicyclic) bond motifs is 1. The molecule has 0 aromatic heterocycles. The van der Waals surface area contributed by atoms with E-state index in [1.165, 1.54) is 0 Å². The van der Waals surface area contributed by atoms with Gasteiger partial charge in [0.05, 0.1) is 11.7 Å². The van der Waals surface area contributed by atoms with Gasteiger partial charge in [-0.15, -0.1) is 0 Å². The molecule has 5 atom stereocenters. The van der Waals surface area contributed by atoms with Crippen LogP contribution in [0.2, 0.25) is 0 Å². The summed E-state index contributed by atoms with van der Waals surface area (Å²) < 4.78 is 10.7. The molecule has 2 aliphatic rings. The lowest BCUT2D eigenvalue weighted by Gasteiger charge is -2.36. The van der Waals surface area contributed by atoms with Crippen molar-refractivity contribution in [3.8, 4) is 0 Å². The van der Waals surface area contributed by atoms with E-state index in [-0.39, 0.29) is 11.7 Å². The molecule has 0 aromatic rings. The first kappa shape index (κ1) is 9.44. The zero-order valence-corrected chi connectivity index (χ0v) is 8.49. The number of hydrogen-bond donors (Lipinski definition) is 1. The lowest BCUT2D eigenvalue weighted by molar-refractivity contribution is -0.136. The fourth-order valence-corrected chi connectivity index (χ4v) is 2.86. The van der Waals surface area contributed by atoms with E-state index >= 15 is 0 Å². The second kappa shape index (κ2) is 2.94. The predicted molar refractivity (Wildman–Crippen MR) is 48.4 cm³/mol. The zero-order chi connectivity index (χ0) is 9.64. The van der Waals surface area contributed by atoms with E-state index < -0.39 is 6.10 Å². The van der Waals surface area contributed by atoms with Crippen LogP contribution >= 0.6 is 0 Å². The zero-order valence-electron chi connectivity index (χ0n) is 8.49. The summed E-state index contributed by atoms with van der Waals surface area (Å²) in [6, 6.07) is 0. The van der Waals surface area contributed by atoms with Crippen molar-refractivity contribution in [3.63, 3.8) is 0 Å². The van der Waals surface area contributed by atoms with E-state index in [0.29, 0.717) is 11.8 Å². The van der Waals surface area contributed by atoms with Crippen LogP contribution in [0.25, 0.3) is 0 Å². The highest BCUT2D eigenvalue weighted by atomic mass is 16.5. The summed E-state index contributed by atoms with van der Waals surface area (Å²) >= 11 is 0. The molecule has 1 unspecified atom stereocenters. The molecule has 2 rings (SSSR count). The lowest BCUT2D eigenvalue weighted by atomic mass is 9.84. The van der Waals surface area contributed by atoms with Crippen molar-refractivity contribution in [3.05, 3.63) is 0 Å². The normalized spacial score (nSPS) is 54.5. The number of aliphatic hydroxyl groups is 1. The summed E-state index contributed by atoms with van der Waals surface area (Å²) in [6.45, 7) is 2.21. The van der Waals surface area contributed by atoms with E-state index in [0.717, 1.165) is 12.8 Å². The van der Waals surface area contributed by atoms with Crippen molar-refractivity contribution in [1.29, 1.82) is 0 Å². The van der Waals surface area contributed by atoms with Crippen molar-refractivity contribution in [2.24, 2.45) is 11.8 Å². The van der Waals surface area contributed by atoms with Gasteiger partial charge in [0.25, 0.3) is 0 Å². The highest BCUT2D eigenvalue weighted by molar-refractivity contribution is 5.16. The van der Waals surface area contributed by atoms with Gasteiger partial charge in [0.1, 0.15) is 6.10 Å². The molecular weight excluding hydrogens is 168 g/mol. The molecule has 0 saturated heterocycles. The average molecular weight is 186 g/mol. The van der Waals surface area contributed by atoms with Crippen molar-refractivity contribution in [1.82, 2.24) is 0 Å². The van der Waals surface area contributed by atoms with Crippen molar-refractivity contribution < 1.29 is 14.6 Å². The minimum absolute atomic E-state index is 0.0475. The van der Waals surface area contributed by atoms with Gasteiger partial charge < -0.3 is 14.6 Å². The fraction of sp³-hybridized carbons (Fsp3) is 1.00. The van der Waals surface area contributed by atoms with Crippen LogP contribution < -0.4 is 0 Å². The fourth-order valence-electron chi connectivity index (χ4n) is 2.86. The topological polar surface area (TPSA) is 38.7 Å². The Morgan fingerprint density at radius 1 is 1.38 bits per heavy atom. The van der Waals surface area contributed by atoms with Crippen LogP contribution in [0.3, 0.4) is 0 Å². The first-order valence-electron chi connectivity index (χ1n) is 4.91. The maximum atomic E-state index is 10.00. The lowest BCUT2D eigenvalue weighted by Crippen LogP contribution is -2.48. The Labute approximate surface area is 79.0 Å². The standard InChI is InChI=1S/C10H18O3/c1-6-4-8(12-2)9(11)10(13-3)5-7(6)10/h6-9,11H,4-5H2,1-3H3/t6?,7-,8+,9+,10+/m0/s1. The molecule has 2 aliphatic carbocycles. The molecule has 1 N–H and O–H groups in total. The van der Waals surface area contributed by atoms with Gasteiger partial charge in [-0.2, -0.15) is 0 Å². The van der Waals surface area contributed by atoms with Crippen LogP contribution in [0.15, 0.2) is 0 Å². The Morgan fingerprint density at radius 3 is 2.62 bits per heavy atom. The summed E-state index contributed by atoms with van der Waals surface area (Å²) in [5.74, 6) is 1.15. The van der Waals surface area contributed by atoms with Crippen LogP contribution in [-0.2, 0) is 9.47 Å². The molecule has 0 heterocycles. The Morgan fingerprint density at radius 2 is 2.08 bits per heavy atom. The second-order valence-electron chi connectivity index (χ2n) is 4.40. The molecule has 2 fully saturated rings. The summed E-state index contributed by atoms with van der Waals surface area (Å²) in [4.78, 5) is 0. The third-order valence-electron chi connectivity index (χ3n) is 3.83. The largest absolute Gasteiger partial charge is 0.387 e. The van der Waals surface area contributed by atoms with E-state index in [2.05, 4.69) is 6.92 Å². The minimum atomic E-state index is -0.441. The van der Waals surface area contributed by atoms with Crippen LogP contribution in [-0.4, -0.2) is 37.1 Å². The van der Waals surface area contributed by atoms with Crippen LogP contribution in [0.1, 0.15) is 19.8 Å². The van der Waals surface area contributed by atoms with Crippen LogP contribution in [0, 0.1) is 11.8 Å². The van der Waals surface area contributed by atoms with Crippen molar-refractivity contribution in [2.45, 2.75) is 37.6 Å². The highest BCUT2D eigenvalue weighted by Gasteiger charge is 2.66. The second-order valence-corrected chi connectivity index (χ2v) is 4.40. The number of aliphatic hydroxyl groups excluding tert-OH is 1. The van der Waals surface area contributed by atoms with Gasteiger partial charge in [0.2, 0.25) is 0 Å². The molecule has 3 heteroatoms. The Balaban J connectivity index is 2.15. The van der Waals surface area contributed by atoms with Gasteiger partial charge >= 0.3 is 0 Å². The molecule has 76 valence electrons. The van der Waals surface area contributed by atoms with E-state index in [1.54, 1.807) is 14.2 Å². The molecule has 0 aliphatic heterocycles. The first-order valence-corrected chi connectivity index (χ1v) is 4.91. The number of methoxy groups -OCH3 is 2. The van der Waals surface area contributed by atoms with Gasteiger partial charge in [-0.1, -0.05) is 6.92 Å². The third kappa shape index (κ3) is 1.14. The Hall–Kier alpha value is -0.120. The summed E-state index contributed by atoms with van der Waals surface area (Å²) in [6.07, 6.45) is 1.46. The van der Waals surface area contributed by atoms with E-state index in [9.17, 15) is 5.11 Å². The molecule has 13 heavy (non-hydrogen) atoms. The number of rotatable bonds is 2. The molecule has 2 saturated carbocycles. The Bertz CT molecular complexity index is 206. The Kier molecular flexibility index (Phi) is 2.13. The smallest absolute Gasteiger partial charge is 0.109 e. The van der Waals surface area contributed by atoms with E-state index in [1.807, 2.05) is 0 Å². The SMILES string of the molecule is CO[C@@H]1CC(C)[C@@H]2C[C@]2(OC)[C@@H]1O. The number of hydrogen-bond acceptors (Lipinski definition) is 3. The first-order chi connectivity index (χ1) is 6.15. The van der Waals surface area contributed by atoms with Crippen LogP contribution in [0.5, 0.6) is 0 Å². The molecule has 0 bridgehead atoms. The van der Waals surface area contributed by atoms with Gasteiger partial charge in [0.15, 0.2) is 0 Å². The molecule has 0 spiro atoms. The van der Waals surface area contributed by atoms with Crippen molar-refractivity contribution >= 4 is 0 Å². The maximum Gasteiger partial charge on any atom is 0.109 e. The third-order valence-corrected chi connectivity index (χ3v) is 3.83. The highest BCUT2D eigenvalue weighted by Crippen LogP contribution is 2.58. The number of ether oxygens (including phenoxy) is 2. The summed E-state index contributed by atoms with van der Waals surface area (Å²) in [5.41, 5.74) is -0.279. The minimum Gasteiger partial charge on any atom is -0.387 e. The van der Waals surface area contributed by atoms with E-state index in [4.69, 9.17) is 9.47 Å². The predicted octanol–water partition coefficient (Wildman–Crippen LogP) is 0.807. The molecule has 0 amide bonds. The summed E-state index contributed by atoms with van der Waals surface area (Å²) in [5, 5.41) is 10.00. The van der Waals surface area contributed by atoms with Gasteiger partial charge in [-0.3, -0.25) is 0 Å². The molecule has 0 radical (unpaired) electrons. The molecular formula is C10H18O3. The van der Waals surface area contributed by atoms with Gasteiger partial charge in [0, 0.05) is 14.2 Å².